The van der Waals surface area contributed by atoms with E-state index in [1.54, 1.807) is 11.0 Å². The highest BCUT2D eigenvalue weighted by atomic mass is 19.1. The van der Waals surface area contributed by atoms with Gasteiger partial charge in [-0.3, -0.25) is 4.79 Å². The molecule has 0 spiro atoms. The molecule has 3 aromatic rings. The molecule has 1 aliphatic heterocycles. The summed E-state index contributed by atoms with van der Waals surface area (Å²) >= 11 is 0. The highest BCUT2D eigenvalue weighted by molar-refractivity contribution is 5.87. The van der Waals surface area contributed by atoms with Crippen molar-refractivity contribution in [1.29, 1.82) is 0 Å². The summed E-state index contributed by atoms with van der Waals surface area (Å²) in [5, 5.41) is 3.24. The zero-order valence-electron chi connectivity index (χ0n) is 18.3. The van der Waals surface area contributed by atoms with Crippen molar-refractivity contribution in [2.75, 3.05) is 18.4 Å². The number of nitrogens with zero attached hydrogens (tertiary/aromatic N) is 1. The summed E-state index contributed by atoms with van der Waals surface area (Å²) in [7, 11) is 0. The molecule has 0 atom stereocenters. The molecule has 1 aromatic heterocycles. The Kier molecular flexibility index (Phi) is 5.74. The number of halogens is 1. The Labute approximate surface area is 185 Å². The molecule has 0 aliphatic carbocycles. The van der Waals surface area contributed by atoms with Crippen LogP contribution in [0, 0.1) is 5.82 Å². The van der Waals surface area contributed by atoms with E-state index in [0.717, 1.165) is 27.9 Å². The van der Waals surface area contributed by atoms with Crippen LogP contribution in [0.15, 0.2) is 53.0 Å². The molecule has 1 N–H and O–H groups in total. The third kappa shape index (κ3) is 4.66. The van der Waals surface area contributed by atoms with Crippen molar-refractivity contribution >= 4 is 34.7 Å². The van der Waals surface area contributed by atoms with Gasteiger partial charge in [0.25, 0.3) is 0 Å². The largest absolute Gasteiger partial charge is 0.456 e. The van der Waals surface area contributed by atoms with E-state index in [1.807, 2.05) is 51.1 Å². The lowest BCUT2D eigenvalue weighted by molar-refractivity contribution is -0.105. The van der Waals surface area contributed by atoms with Crippen LogP contribution >= 0.6 is 0 Å². The molecule has 6 nitrogen and oxygen atoms in total. The maximum absolute atomic E-state index is 14.2. The van der Waals surface area contributed by atoms with Crippen molar-refractivity contribution in [3.8, 4) is 11.1 Å². The second kappa shape index (κ2) is 8.49. The zero-order valence-corrected chi connectivity index (χ0v) is 18.3. The predicted molar refractivity (Wildman–Crippen MR) is 122 cm³/mol. The van der Waals surface area contributed by atoms with E-state index in [-0.39, 0.29) is 11.8 Å². The number of carbonyl (C=O) groups is 2. The van der Waals surface area contributed by atoms with Gasteiger partial charge in [-0.05, 0) is 74.2 Å². The van der Waals surface area contributed by atoms with Crippen LogP contribution in [-0.2, 0) is 9.53 Å². The lowest BCUT2D eigenvalue weighted by Gasteiger charge is -2.29. The SMILES string of the molecule is CC(C)(C)OC(=O)N1CC=C(c2cc3cc(-c4ccc(NC=O)c(F)c4)ccc3o2)CC1. The molecule has 2 amide bonds. The summed E-state index contributed by atoms with van der Waals surface area (Å²) in [6, 6.07) is 12.3. The molecule has 0 unspecified atom stereocenters. The molecule has 1 aliphatic rings. The number of anilines is 1. The molecule has 166 valence electrons. The number of carbonyl (C=O) groups excluding carboxylic acids is 2. The molecule has 0 bridgehead atoms. The molecule has 0 saturated carbocycles. The average molecular weight is 436 g/mol. The first kappa shape index (κ1) is 21.6. The van der Waals surface area contributed by atoms with E-state index in [4.69, 9.17) is 9.15 Å². The number of ether oxygens (including phenoxy) is 1. The fourth-order valence-corrected chi connectivity index (χ4v) is 3.64. The van der Waals surface area contributed by atoms with Crippen LogP contribution in [0.2, 0.25) is 0 Å². The minimum atomic E-state index is -0.522. The Balaban J connectivity index is 1.53. The molecule has 0 fully saturated rings. The summed E-state index contributed by atoms with van der Waals surface area (Å²) in [4.78, 5) is 24.5. The monoisotopic (exact) mass is 436 g/mol. The lowest BCUT2D eigenvalue weighted by Crippen LogP contribution is -2.39. The van der Waals surface area contributed by atoms with Crippen LogP contribution in [-0.4, -0.2) is 36.1 Å². The Bertz CT molecular complexity index is 1210. The van der Waals surface area contributed by atoms with Gasteiger partial charge in [-0.1, -0.05) is 18.2 Å². The molecular formula is C25H25FN2O4. The Morgan fingerprint density at radius 3 is 2.56 bits per heavy atom. The van der Waals surface area contributed by atoms with Gasteiger partial charge in [-0.15, -0.1) is 0 Å². The zero-order chi connectivity index (χ0) is 22.9. The lowest BCUT2D eigenvalue weighted by atomic mass is 10.0. The Morgan fingerprint density at radius 2 is 1.91 bits per heavy atom. The predicted octanol–water partition coefficient (Wildman–Crippen LogP) is 5.83. The molecular weight excluding hydrogens is 411 g/mol. The number of nitrogens with one attached hydrogen (secondary N) is 1. The number of fused-ring (bicyclic) bond motifs is 1. The molecule has 2 aromatic carbocycles. The van der Waals surface area contributed by atoms with Gasteiger partial charge in [0, 0.05) is 18.5 Å². The molecule has 4 rings (SSSR count). The number of hydrogen-bond acceptors (Lipinski definition) is 4. The van der Waals surface area contributed by atoms with Crippen molar-refractivity contribution in [1.82, 2.24) is 4.90 Å². The third-order valence-corrected chi connectivity index (χ3v) is 5.21. The summed E-state index contributed by atoms with van der Waals surface area (Å²) in [5.41, 5.74) is 2.94. The first-order valence-electron chi connectivity index (χ1n) is 10.4. The fraction of sp³-hybridized carbons (Fsp3) is 0.280. The van der Waals surface area contributed by atoms with E-state index in [2.05, 4.69) is 5.32 Å². The maximum atomic E-state index is 14.2. The topological polar surface area (TPSA) is 71.8 Å². The van der Waals surface area contributed by atoms with Gasteiger partial charge in [0.05, 0.1) is 5.69 Å². The molecule has 7 heteroatoms. The van der Waals surface area contributed by atoms with Gasteiger partial charge >= 0.3 is 6.09 Å². The van der Waals surface area contributed by atoms with Gasteiger partial charge in [0.1, 0.15) is 22.8 Å². The number of rotatable bonds is 4. The van der Waals surface area contributed by atoms with Crippen LogP contribution in [0.4, 0.5) is 14.9 Å². The summed E-state index contributed by atoms with van der Waals surface area (Å²) < 4.78 is 25.6. The summed E-state index contributed by atoms with van der Waals surface area (Å²) in [6.07, 6.45) is 2.79. The van der Waals surface area contributed by atoms with Gasteiger partial charge in [0.15, 0.2) is 0 Å². The highest BCUT2D eigenvalue weighted by Crippen LogP contribution is 2.32. The third-order valence-electron chi connectivity index (χ3n) is 5.21. The van der Waals surface area contributed by atoms with E-state index in [1.165, 1.54) is 12.1 Å². The van der Waals surface area contributed by atoms with E-state index in [0.29, 0.717) is 31.5 Å². The number of furan rings is 1. The molecule has 32 heavy (non-hydrogen) atoms. The molecule has 0 saturated heterocycles. The fourth-order valence-electron chi connectivity index (χ4n) is 3.64. The average Bonchev–Trinajstić information content (AvgIpc) is 3.17. The highest BCUT2D eigenvalue weighted by Gasteiger charge is 2.24. The Morgan fingerprint density at radius 1 is 1.16 bits per heavy atom. The summed E-state index contributed by atoms with van der Waals surface area (Å²) in [6.45, 7) is 6.58. The number of benzene rings is 2. The van der Waals surface area contributed by atoms with Crippen LogP contribution in [0.25, 0.3) is 27.7 Å². The first-order valence-corrected chi connectivity index (χ1v) is 10.4. The van der Waals surface area contributed by atoms with E-state index < -0.39 is 11.4 Å². The molecule has 0 radical (unpaired) electrons. The maximum Gasteiger partial charge on any atom is 0.410 e. The second-order valence-electron chi connectivity index (χ2n) is 8.73. The smallest absolute Gasteiger partial charge is 0.410 e. The van der Waals surface area contributed by atoms with Crippen molar-refractivity contribution in [3.63, 3.8) is 0 Å². The van der Waals surface area contributed by atoms with Gasteiger partial charge in [-0.25, -0.2) is 9.18 Å². The Hall–Kier alpha value is -3.61. The van der Waals surface area contributed by atoms with E-state index >= 15 is 0 Å². The first-order chi connectivity index (χ1) is 15.2. The van der Waals surface area contributed by atoms with E-state index in [9.17, 15) is 14.0 Å². The minimum Gasteiger partial charge on any atom is -0.456 e. The van der Waals surface area contributed by atoms with Crippen molar-refractivity contribution in [3.05, 3.63) is 60.1 Å². The summed E-state index contributed by atoms with van der Waals surface area (Å²) in [5.74, 6) is 0.266. The van der Waals surface area contributed by atoms with Crippen LogP contribution in [0.1, 0.15) is 33.0 Å². The van der Waals surface area contributed by atoms with Crippen molar-refractivity contribution in [2.45, 2.75) is 32.8 Å². The van der Waals surface area contributed by atoms with Gasteiger partial charge in [-0.2, -0.15) is 0 Å². The number of amides is 2. The van der Waals surface area contributed by atoms with Crippen LogP contribution < -0.4 is 5.32 Å². The van der Waals surface area contributed by atoms with Gasteiger partial charge in [0.2, 0.25) is 6.41 Å². The van der Waals surface area contributed by atoms with Gasteiger partial charge < -0.3 is 19.4 Å². The molecule has 2 heterocycles. The van der Waals surface area contributed by atoms with Crippen LogP contribution in [0.3, 0.4) is 0 Å². The second-order valence-corrected chi connectivity index (χ2v) is 8.73. The standard InChI is InChI=1S/C25H25FN2O4/c1-25(2,3)32-24(30)28-10-8-16(9-11-28)23-14-19-12-17(5-7-22(19)31-23)18-4-6-21(27-15-29)20(26)13-18/h4-8,12-15H,9-11H2,1-3H3,(H,27,29). The minimum absolute atomic E-state index is 0.139. The normalized spacial score (nSPS) is 14.2. The van der Waals surface area contributed by atoms with Crippen molar-refractivity contribution < 1.29 is 23.1 Å². The number of hydrogen-bond donors (Lipinski definition) is 1. The van der Waals surface area contributed by atoms with Crippen molar-refractivity contribution in [2.24, 2.45) is 0 Å². The van der Waals surface area contributed by atoms with Crippen LogP contribution in [0.5, 0.6) is 0 Å². The quantitative estimate of drug-likeness (QED) is 0.522.